The maximum absolute atomic E-state index is 11.3. The van der Waals surface area contributed by atoms with Crippen LogP contribution in [0.1, 0.15) is 0 Å². The van der Waals surface area contributed by atoms with Gasteiger partial charge in [-0.3, -0.25) is 0 Å². The third-order valence-electron chi connectivity index (χ3n) is 1.86. The van der Waals surface area contributed by atoms with Crippen molar-refractivity contribution in [3.63, 3.8) is 0 Å². The van der Waals surface area contributed by atoms with Gasteiger partial charge < -0.3 is 10.6 Å². The van der Waals surface area contributed by atoms with E-state index in [0.717, 1.165) is 5.69 Å². The molecule has 0 spiro atoms. The number of hydrogen-bond donors (Lipinski definition) is 1. The normalized spacial score (nSPS) is 11.4. The molecule has 0 aromatic heterocycles. The van der Waals surface area contributed by atoms with Gasteiger partial charge in [0.2, 0.25) is 0 Å². The van der Waals surface area contributed by atoms with E-state index in [0.29, 0.717) is 5.69 Å². The van der Waals surface area contributed by atoms with Gasteiger partial charge in [-0.15, -0.1) is 0 Å². The summed E-state index contributed by atoms with van der Waals surface area (Å²) in [7, 11) is 0.480. The minimum Gasteiger partial charge on any atom is -0.399 e. The summed E-state index contributed by atoms with van der Waals surface area (Å²) >= 11 is 0. The second-order valence-electron chi connectivity index (χ2n) is 3.43. The van der Waals surface area contributed by atoms with Crippen LogP contribution in [0.3, 0.4) is 0 Å². The summed E-state index contributed by atoms with van der Waals surface area (Å²) < 4.78 is 22.6. The highest BCUT2D eigenvalue weighted by Gasteiger charge is 2.09. The Hall–Kier alpha value is -1.23. The van der Waals surface area contributed by atoms with Gasteiger partial charge in [0.05, 0.1) is 4.90 Å². The average Bonchev–Trinajstić information content (AvgIpc) is 2.01. The van der Waals surface area contributed by atoms with Crippen LogP contribution in [0.25, 0.3) is 0 Å². The van der Waals surface area contributed by atoms with Crippen molar-refractivity contribution in [3.05, 3.63) is 18.2 Å². The van der Waals surface area contributed by atoms with Crippen molar-refractivity contribution < 1.29 is 8.42 Å². The minimum absolute atomic E-state index is 0.251. The van der Waals surface area contributed by atoms with Crippen LogP contribution in [-0.2, 0) is 9.84 Å². The lowest BCUT2D eigenvalue weighted by Crippen LogP contribution is -2.10. The summed E-state index contributed by atoms with van der Waals surface area (Å²) in [6.07, 6.45) is 1.17. The molecule has 2 N–H and O–H groups in total. The van der Waals surface area contributed by atoms with E-state index < -0.39 is 9.84 Å². The first-order valence-electron chi connectivity index (χ1n) is 4.08. The Labute approximate surface area is 84.3 Å². The van der Waals surface area contributed by atoms with Crippen molar-refractivity contribution in [1.29, 1.82) is 0 Å². The zero-order chi connectivity index (χ0) is 10.9. The number of benzene rings is 1. The van der Waals surface area contributed by atoms with Crippen molar-refractivity contribution in [2.24, 2.45) is 0 Å². The molecular weight excluding hydrogens is 200 g/mol. The average molecular weight is 214 g/mol. The molecule has 1 aromatic carbocycles. The molecule has 0 radical (unpaired) electrons. The van der Waals surface area contributed by atoms with Crippen LogP contribution < -0.4 is 10.6 Å². The van der Waals surface area contributed by atoms with Crippen LogP contribution in [0.15, 0.2) is 23.1 Å². The molecule has 0 amide bonds. The van der Waals surface area contributed by atoms with E-state index in [1.165, 1.54) is 12.3 Å². The molecule has 0 atom stereocenters. The number of hydrogen-bond acceptors (Lipinski definition) is 4. The van der Waals surface area contributed by atoms with Crippen LogP contribution in [0.5, 0.6) is 0 Å². The lowest BCUT2D eigenvalue weighted by Gasteiger charge is -2.14. The molecule has 1 rings (SSSR count). The highest BCUT2D eigenvalue weighted by Crippen LogP contribution is 2.21. The first kappa shape index (κ1) is 10.8. The predicted octanol–water partition coefficient (Wildman–Crippen LogP) is 0.738. The molecule has 5 heteroatoms. The van der Waals surface area contributed by atoms with Gasteiger partial charge in [0.25, 0.3) is 0 Å². The number of nitrogens with two attached hydrogens (primary N) is 1. The number of rotatable bonds is 2. The van der Waals surface area contributed by atoms with Crippen molar-refractivity contribution in [1.82, 2.24) is 0 Å². The van der Waals surface area contributed by atoms with E-state index in [1.807, 2.05) is 19.0 Å². The highest BCUT2D eigenvalue weighted by atomic mass is 32.2. The first-order valence-corrected chi connectivity index (χ1v) is 5.98. The second-order valence-corrected chi connectivity index (χ2v) is 5.44. The summed E-state index contributed by atoms with van der Waals surface area (Å²) in [4.78, 5) is 2.06. The standard InChI is InChI=1S/C9H14N2O2S/c1-11(2)8-4-7(10)5-9(6-8)14(3,12)13/h4-6H,10H2,1-3H3. The quantitative estimate of drug-likeness (QED) is 0.737. The molecule has 0 saturated carbocycles. The van der Waals surface area contributed by atoms with Gasteiger partial charge in [0.1, 0.15) is 0 Å². The molecule has 0 unspecified atom stereocenters. The summed E-state index contributed by atoms with van der Waals surface area (Å²) in [5.74, 6) is 0. The van der Waals surface area contributed by atoms with Gasteiger partial charge in [0, 0.05) is 31.7 Å². The SMILES string of the molecule is CN(C)c1cc(N)cc(S(C)(=O)=O)c1. The number of anilines is 2. The monoisotopic (exact) mass is 214 g/mol. The zero-order valence-electron chi connectivity index (χ0n) is 8.48. The Morgan fingerprint density at radius 3 is 2.21 bits per heavy atom. The molecule has 4 nitrogen and oxygen atoms in total. The van der Waals surface area contributed by atoms with Gasteiger partial charge in [-0.1, -0.05) is 0 Å². The van der Waals surface area contributed by atoms with Gasteiger partial charge in [-0.2, -0.15) is 0 Å². The number of nitrogen functional groups attached to an aromatic ring is 1. The van der Waals surface area contributed by atoms with Crippen molar-refractivity contribution in [3.8, 4) is 0 Å². The summed E-state index contributed by atoms with van der Waals surface area (Å²) in [5.41, 5.74) is 6.84. The molecule has 0 fully saturated rings. The molecule has 0 bridgehead atoms. The van der Waals surface area contributed by atoms with Gasteiger partial charge in [0.15, 0.2) is 9.84 Å². The third-order valence-corrected chi connectivity index (χ3v) is 2.95. The molecular formula is C9H14N2O2S. The Morgan fingerprint density at radius 2 is 1.79 bits per heavy atom. The molecule has 1 aromatic rings. The number of sulfone groups is 1. The first-order chi connectivity index (χ1) is 6.30. The van der Waals surface area contributed by atoms with E-state index in [4.69, 9.17) is 5.73 Å². The lowest BCUT2D eigenvalue weighted by molar-refractivity contribution is 0.602. The van der Waals surface area contributed by atoms with Gasteiger partial charge in [-0.05, 0) is 18.2 Å². The summed E-state index contributed by atoms with van der Waals surface area (Å²) in [5, 5.41) is 0. The number of nitrogens with zero attached hydrogens (tertiary/aromatic N) is 1. The van der Waals surface area contributed by atoms with Gasteiger partial charge >= 0.3 is 0 Å². The van der Waals surface area contributed by atoms with Crippen LogP contribution in [-0.4, -0.2) is 28.8 Å². The van der Waals surface area contributed by atoms with Crippen LogP contribution in [0.4, 0.5) is 11.4 Å². The lowest BCUT2D eigenvalue weighted by atomic mass is 10.3. The zero-order valence-corrected chi connectivity index (χ0v) is 9.30. The Morgan fingerprint density at radius 1 is 1.21 bits per heavy atom. The van der Waals surface area contributed by atoms with E-state index in [-0.39, 0.29) is 4.90 Å². The fourth-order valence-electron chi connectivity index (χ4n) is 1.08. The van der Waals surface area contributed by atoms with Crippen LogP contribution >= 0.6 is 0 Å². The summed E-state index contributed by atoms with van der Waals surface area (Å²) in [6, 6.07) is 4.79. The topological polar surface area (TPSA) is 63.4 Å². The fourth-order valence-corrected chi connectivity index (χ4v) is 1.76. The maximum Gasteiger partial charge on any atom is 0.175 e. The maximum atomic E-state index is 11.3. The molecule has 78 valence electrons. The van der Waals surface area contributed by atoms with Crippen LogP contribution in [0.2, 0.25) is 0 Å². The van der Waals surface area contributed by atoms with Gasteiger partial charge in [-0.25, -0.2) is 8.42 Å². The van der Waals surface area contributed by atoms with Crippen molar-refractivity contribution >= 4 is 21.2 Å². The van der Waals surface area contributed by atoms with Crippen molar-refractivity contribution in [2.45, 2.75) is 4.90 Å². The smallest absolute Gasteiger partial charge is 0.175 e. The predicted molar refractivity (Wildman–Crippen MR) is 58.3 cm³/mol. The van der Waals surface area contributed by atoms with E-state index in [1.54, 1.807) is 12.1 Å². The Balaban J connectivity index is 3.35. The third kappa shape index (κ3) is 2.38. The molecule has 0 aliphatic carbocycles. The molecule has 0 aliphatic rings. The fraction of sp³-hybridized carbons (Fsp3) is 0.333. The Bertz CT molecular complexity index is 438. The van der Waals surface area contributed by atoms with E-state index in [2.05, 4.69) is 0 Å². The minimum atomic E-state index is -3.19. The highest BCUT2D eigenvalue weighted by molar-refractivity contribution is 7.90. The van der Waals surface area contributed by atoms with Crippen LogP contribution in [0, 0.1) is 0 Å². The van der Waals surface area contributed by atoms with E-state index >= 15 is 0 Å². The molecule has 14 heavy (non-hydrogen) atoms. The molecule has 0 aliphatic heterocycles. The second kappa shape index (κ2) is 3.49. The molecule has 0 heterocycles. The van der Waals surface area contributed by atoms with E-state index in [9.17, 15) is 8.42 Å². The Kier molecular flexibility index (Phi) is 2.71. The largest absolute Gasteiger partial charge is 0.399 e. The van der Waals surface area contributed by atoms with Crippen molar-refractivity contribution in [2.75, 3.05) is 31.0 Å². The summed E-state index contributed by atoms with van der Waals surface area (Å²) in [6.45, 7) is 0. The molecule has 0 saturated heterocycles.